The van der Waals surface area contributed by atoms with Crippen LogP contribution in [0.1, 0.15) is 11.1 Å². The fraction of sp³-hybridized carbons (Fsp3) is 0.0476. The van der Waals surface area contributed by atoms with Gasteiger partial charge in [0.25, 0.3) is 6.71 Å². The molecule has 2 aliphatic rings. The SMILES string of the molecule is Cc1ccc(N(c2ccc(C)cc2)c2ccc3cc4c(cc3c2)sc2c3c5c(cc24)Oc2ccccc2B5c2ccccc2O3)cc1. The van der Waals surface area contributed by atoms with Gasteiger partial charge in [-0.1, -0.05) is 77.9 Å². The second-order valence-corrected chi connectivity index (χ2v) is 13.7. The summed E-state index contributed by atoms with van der Waals surface area (Å²) in [7, 11) is 0. The predicted molar refractivity (Wildman–Crippen MR) is 199 cm³/mol. The maximum atomic E-state index is 6.77. The van der Waals surface area contributed by atoms with Crippen molar-refractivity contribution in [1.82, 2.24) is 0 Å². The molecule has 0 amide bonds. The topological polar surface area (TPSA) is 21.7 Å². The lowest BCUT2D eigenvalue weighted by Gasteiger charge is -2.33. The van der Waals surface area contributed by atoms with Gasteiger partial charge in [-0.25, -0.2) is 0 Å². The molecule has 3 nitrogen and oxygen atoms in total. The summed E-state index contributed by atoms with van der Waals surface area (Å²) in [6, 6.07) is 48.1. The number of para-hydroxylation sites is 2. The first-order valence-corrected chi connectivity index (χ1v) is 16.8. The molecule has 0 fully saturated rings. The molecule has 0 saturated heterocycles. The largest absolute Gasteiger partial charge is 0.458 e. The Kier molecular flexibility index (Phi) is 5.67. The number of nitrogens with zero attached hydrogens (tertiary/aromatic N) is 1. The van der Waals surface area contributed by atoms with E-state index >= 15 is 0 Å². The normalized spacial score (nSPS) is 12.8. The van der Waals surface area contributed by atoms with Gasteiger partial charge in [-0.3, -0.25) is 0 Å². The molecule has 0 aliphatic carbocycles. The van der Waals surface area contributed by atoms with Gasteiger partial charge >= 0.3 is 0 Å². The lowest BCUT2D eigenvalue weighted by atomic mass is 9.35. The van der Waals surface area contributed by atoms with Crippen LogP contribution in [-0.2, 0) is 0 Å². The average molecular weight is 622 g/mol. The molecule has 5 heteroatoms. The molecule has 222 valence electrons. The lowest BCUT2D eigenvalue weighted by Crippen LogP contribution is -2.57. The van der Waals surface area contributed by atoms with E-state index in [0.29, 0.717) is 0 Å². The molecule has 3 heterocycles. The van der Waals surface area contributed by atoms with E-state index in [0.717, 1.165) is 50.2 Å². The maximum Gasteiger partial charge on any atom is 0.260 e. The molecule has 0 atom stereocenters. The zero-order valence-corrected chi connectivity index (χ0v) is 26.8. The first-order chi connectivity index (χ1) is 23.1. The van der Waals surface area contributed by atoms with Gasteiger partial charge < -0.3 is 14.4 Å². The Morgan fingerprint density at radius 1 is 0.532 bits per heavy atom. The van der Waals surface area contributed by atoms with Crippen LogP contribution in [0, 0.1) is 13.8 Å². The van der Waals surface area contributed by atoms with Crippen LogP contribution in [-0.4, -0.2) is 6.71 Å². The van der Waals surface area contributed by atoms with Crippen molar-refractivity contribution in [3.63, 3.8) is 0 Å². The van der Waals surface area contributed by atoms with Crippen LogP contribution in [0.25, 0.3) is 30.9 Å². The van der Waals surface area contributed by atoms with Crippen molar-refractivity contribution in [2.75, 3.05) is 4.90 Å². The van der Waals surface area contributed by atoms with Crippen molar-refractivity contribution in [2.45, 2.75) is 13.8 Å². The molecule has 0 saturated carbocycles. The molecule has 0 bridgehead atoms. The Hall–Kier alpha value is -5.52. The zero-order chi connectivity index (χ0) is 31.2. The average Bonchev–Trinajstić information content (AvgIpc) is 3.46. The predicted octanol–water partition coefficient (Wildman–Crippen LogP) is 10.0. The number of hydrogen-bond donors (Lipinski definition) is 0. The summed E-state index contributed by atoms with van der Waals surface area (Å²) in [6.07, 6.45) is 0. The number of thiophene rings is 1. The Bertz CT molecular complexity index is 2500. The number of fused-ring (bicyclic) bond motifs is 9. The quantitative estimate of drug-likeness (QED) is 0.183. The van der Waals surface area contributed by atoms with Crippen LogP contribution in [0.5, 0.6) is 23.0 Å². The Balaban J connectivity index is 1.17. The highest BCUT2D eigenvalue weighted by Gasteiger charge is 2.41. The van der Waals surface area contributed by atoms with Crippen molar-refractivity contribution < 1.29 is 9.47 Å². The van der Waals surface area contributed by atoms with E-state index in [4.69, 9.17) is 9.47 Å². The van der Waals surface area contributed by atoms with Crippen LogP contribution in [0.2, 0.25) is 0 Å². The highest BCUT2D eigenvalue weighted by atomic mass is 32.1. The molecule has 8 aromatic rings. The van der Waals surface area contributed by atoms with E-state index in [2.05, 4.69) is 146 Å². The van der Waals surface area contributed by atoms with Crippen molar-refractivity contribution >= 4 is 82.4 Å². The number of anilines is 3. The number of rotatable bonds is 3. The Morgan fingerprint density at radius 2 is 1.15 bits per heavy atom. The molecule has 10 rings (SSSR count). The minimum Gasteiger partial charge on any atom is -0.458 e. The van der Waals surface area contributed by atoms with E-state index in [9.17, 15) is 0 Å². The minimum atomic E-state index is 0.0701. The Morgan fingerprint density at radius 3 is 1.83 bits per heavy atom. The standard InChI is InChI=1S/C42H28BNO2S/c1-25-11-16-29(17-12-25)44(30-18-13-26(2)14-19-30)31-20-15-27-22-32-33-24-38-40-41(42(33)47-39(32)23-28(27)21-31)46-37-10-6-4-8-35(37)43(40)34-7-3-5-9-36(34)45-38/h3-24H,1-2H3. The number of ether oxygens (including phenoxy) is 2. The van der Waals surface area contributed by atoms with Gasteiger partial charge in [-0.15, -0.1) is 11.3 Å². The number of hydrogen-bond acceptors (Lipinski definition) is 4. The molecular weight excluding hydrogens is 593 g/mol. The van der Waals surface area contributed by atoms with Crippen LogP contribution < -0.4 is 30.8 Å². The fourth-order valence-corrected chi connectivity index (χ4v) is 8.57. The van der Waals surface area contributed by atoms with E-state index in [1.165, 1.54) is 48.3 Å². The summed E-state index contributed by atoms with van der Waals surface area (Å²) in [5.41, 5.74) is 9.39. The molecule has 0 spiro atoms. The van der Waals surface area contributed by atoms with Gasteiger partial charge in [-0.2, -0.15) is 0 Å². The van der Waals surface area contributed by atoms with Crippen molar-refractivity contribution in [3.8, 4) is 23.0 Å². The lowest BCUT2D eigenvalue weighted by molar-refractivity contribution is 0.469. The summed E-state index contributed by atoms with van der Waals surface area (Å²) in [5.74, 6) is 3.63. The molecular formula is C42H28BNO2S. The number of aryl methyl sites for hydroxylation is 2. The smallest absolute Gasteiger partial charge is 0.260 e. The third kappa shape index (κ3) is 4.06. The molecule has 0 N–H and O–H groups in total. The Labute approximate surface area is 277 Å². The fourth-order valence-electron chi connectivity index (χ4n) is 7.37. The highest BCUT2D eigenvalue weighted by molar-refractivity contribution is 7.26. The summed E-state index contributed by atoms with van der Waals surface area (Å²) in [4.78, 5) is 2.34. The van der Waals surface area contributed by atoms with Gasteiger partial charge in [0.15, 0.2) is 0 Å². The van der Waals surface area contributed by atoms with E-state index in [1.54, 1.807) is 0 Å². The van der Waals surface area contributed by atoms with Gasteiger partial charge in [0, 0.05) is 38.0 Å². The monoisotopic (exact) mass is 621 g/mol. The van der Waals surface area contributed by atoms with Crippen molar-refractivity contribution in [2.24, 2.45) is 0 Å². The van der Waals surface area contributed by atoms with Crippen molar-refractivity contribution in [1.29, 1.82) is 0 Å². The molecule has 1 aromatic heterocycles. The molecule has 2 aliphatic heterocycles. The second kappa shape index (κ2) is 9.99. The van der Waals surface area contributed by atoms with Gasteiger partial charge in [-0.05, 0) is 102 Å². The van der Waals surface area contributed by atoms with Crippen LogP contribution in [0.3, 0.4) is 0 Å². The van der Waals surface area contributed by atoms with Gasteiger partial charge in [0.1, 0.15) is 23.0 Å². The van der Waals surface area contributed by atoms with E-state index in [1.807, 2.05) is 17.4 Å². The van der Waals surface area contributed by atoms with Gasteiger partial charge in [0.05, 0.1) is 4.70 Å². The third-order valence-corrected chi connectivity index (χ3v) is 10.9. The van der Waals surface area contributed by atoms with Gasteiger partial charge in [0.2, 0.25) is 0 Å². The molecule has 47 heavy (non-hydrogen) atoms. The van der Waals surface area contributed by atoms with Crippen LogP contribution in [0.4, 0.5) is 17.1 Å². The summed E-state index contributed by atoms with van der Waals surface area (Å²) in [5, 5.41) is 4.80. The highest BCUT2D eigenvalue weighted by Crippen LogP contribution is 2.47. The molecule has 0 unspecified atom stereocenters. The second-order valence-electron chi connectivity index (χ2n) is 12.7. The molecule has 0 radical (unpaired) electrons. The van der Waals surface area contributed by atoms with E-state index in [-0.39, 0.29) is 6.71 Å². The molecule has 7 aromatic carbocycles. The maximum absolute atomic E-state index is 6.77. The zero-order valence-electron chi connectivity index (χ0n) is 26.0. The van der Waals surface area contributed by atoms with Crippen molar-refractivity contribution in [3.05, 3.63) is 145 Å². The summed E-state index contributed by atoms with van der Waals surface area (Å²) < 4.78 is 15.8. The van der Waals surface area contributed by atoms with E-state index < -0.39 is 0 Å². The third-order valence-electron chi connectivity index (χ3n) is 9.68. The summed E-state index contributed by atoms with van der Waals surface area (Å²) >= 11 is 1.81. The minimum absolute atomic E-state index is 0.0701. The van der Waals surface area contributed by atoms with Crippen LogP contribution >= 0.6 is 11.3 Å². The van der Waals surface area contributed by atoms with Crippen LogP contribution in [0.15, 0.2) is 133 Å². The first-order valence-electron chi connectivity index (χ1n) is 16.0. The number of benzene rings is 7. The summed E-state index contributed by atoms with van der Waals surface area (Å²) in [6.45, 7) is 4.33. The first kappa shape index (κ1) is 26.7.